The molecule has 230 valence electrons. The van der Waals surface area contributed by atoms with E-state index in [-0.39, 0.29) is 0 Å². The van der Waals surface area contributed by atoms with Gasteiger partial charge < -0.3 is 20.4 Å². The van der Waals surface area contributed by atoms with E-state index >= 15 is 0 Å². The molecule has 0 atom stereocenters. The molecule has 2 fully saturated rings. The molecule has 44 heavy (non-hydrogen) atoms. The average molecular weight is 613 g/mol. The Morgan fingerprint density at radius 3 is 2.59 bits per heavy atom. The van der Waals surface area contributed by atoms with Crippen molar-refractivity contribution in [1.29, 1.82) is 0 Å². The first kappa shape index (κ1) is 29.2. The SMILES string of the molecule is COCCCN1CCC(C2CCC(n3nc(-c4ccc5nc(Cc6ccccc6Cl)[nH]c5c4)c4c(N)ncnc43)CC2)CC1. The number of nitrogen functional groups attached to an aromatic ring is 1. The Hall–Kier alpha value is -3.53. The van der Waals surface area contributed by atoms with Crippen LogP contribution in [0.2, 0.25) is 5.02 Å². The molecule has 2 aromatic carbocycles. The van der Waals surface area contributed by atoms with Gasteiger partial charge in [-0.2, -0.15) is 5.10 Å². The molecule has 5 aromatic rings. The maximum absolute atomic E-state index is 6.48. The van der Waals surface area contributed by atoms with Crippen LogP contribution in [0.3, 0.4) is 0 Å². The van der Waals surface area contributed by atoms with E-state index in [1.54, 1.807) is 13.4 Å². The van der Waals surface area contributed by atoms with Gasteiger partial charge in [-0.05, 0) is 93.6 Å². The first-order chi connectivity index (χ1) is 21.6. The van der Waals surface area contributed by atoms with Crippen molar-refractivity contribution in [1.82, 2.24) is 34.6 Å². The van der Waals surface area contributed by atoms with Gasteiger partial charge in [-0.15, -0.1) is 0 Å². The number of ether oxygens (including phenoxy) is 1. The number of methoxy groups -OCH3 is 1. The van der Waals surface area contributed by atoms with Crippen molar-refractivity contribution >= 4 is 39.5 Å². The van der Waals surface area contributed by atoms with E-state index in [0.29, 0.717) is 18.3 Å². The lowest BCUT2D eigenvalue weighted by atomic mass is 9.74. The Balaban J connectivity index is 1.08. The van der Waals surface area contributed by atoms with Crippen molar-refractivity contribution in [2.45, 2.75) is 57.4 Å². The summed E-state index contributed by atoms with van der Waals surface area (Å²) >= 11 is 6.41. The van der Waals surface area contributed by atoms with Crippen LogP contribution in [0.25, 0.3) is 33.3 Å². The second-order valence-corrected chi connectivity index (χ2v) is 12.9. The number of nitrogens with zero attached hydrogens (tertiary/aromatic N) is 6. The molecule has 1 aliphatic heterocycles. The fraction of sp³-hybridized carbons (Fsp3) is 0.471. The maximum atomic E-state index is 6.48. The highest BCUT2D eigenvalue weighted by molar-refractivity contribution is 6.31. The van der Waals surface area contributed by atoms with Crippen LogP contribution in [0, 0.1) is 11.8 Å². The Kier molecular flexibility index (Phi) is 8.51. The number of hydrogen-bond donors (Lipinski definition) is 2. The molecule has 1 saturated heterocycles. The topological polar surface area (TPSA) is 111 Å². The molecule has 1 saturated carbocycles. The number of aromatic nitrogens is 6. The molecule has 0 amide bonds. The van der Waals surface area contributed by atoms with E-state index in [4.69, 9.17) is 37.1 Å². The first-order valence-electron chi connectivity index (χ1n) is 16.0. The summed E-state index contributed by atoms with van der Waals surface area (Å²) in [5.74, 6) is 2.97. The smallest absolute Gasteiger partial charge is 0.164 e. The molecule has 3 N–H and O–H groups in total. The third-order valence-corrected chi connectivity index (χ3v) is 10.2. The van der Waals surface area contributed by atoms with Crippen molar-refractivity contribution in [2.24, 2.45) is 11.8 Å². The molecule has 0 bridgehead atoms. The number of fused-ring (bicyclic) bond motifs is 2. The van der Waals surface area contributed by atoms with Gasteiger partial charge in [0.05, 0.1) is 22.5 Å². The number of hydrogen-bond acceptors (Lipinski definition) is 7. The van der Waals surface area contributed by atoms with Crippen LogP contribution in [-0.4, -0.2) is 68.0 Å². The van der Waals surface area contributed by atoms with Gasteiger partial charge in [0, 0.05) is 37.3 Å². The largest absolute Gasteiger partial charge is 0.385 e. The molecule has 7 rings (SSSR count). The van der Waals surface area contributed by atoms with Crippen molar-refractivity contribution in [3.05, 3.63) is 65.2 Å². The molecule has 4 heterocycles. The summed E-state index contributed by atoms with van der Waals surface area (Å²) in [5.41, 5.74) is 12.0. The monoisotopic (exact) mass is 612 g/mol. The number of anilines is 1. The molecule has 1 aliphatic carbocycles. The predicted molar refractivity (Wildman–Crippen MR) is 176 cm³/mol. The Labute approximate surface area is 263 Å². The van der Waals surface area contributed by atoms with E-state index < -0.39 is 0 Å². The number of halogens is 1. The predicted octanol–water partition coefficient (Wildman–Crippen LogP) is 6.68. The molecule has 10 heteroatoms. The minimum atomic E-state index is 0.309. The second-order valence-electron chi connectivity index (χ2n) is 12.5. The highest BCUT2D eigenvalue weighted by atomic mass is 35.5. The van der Waals surface area contributed by atoms with Gasteiger partial charge in [-0.3, -0.25) is 0 Å². The number of piperidine rings is 1. The normalized spacial score (nSPS) is 20.1. The van der Waals surface area contributed by atoms with E-state index in [1.165, 1.54) is 38.8 Å². The van der Waals surface area contributed by atoms with Crippen molar-refractivity contribution in [2.75, 3.05) is 39.1 Å². The zero-order valence-electron chi connectivity index (χ0n) is 25.4. The van der Waals surface area contributed by atoms with E-state index in [1.807, 2.05) is 30.3 Å². The van der Waals surface area contributed by atoms with Crippen molar-refractivity contribution in [3.63, 3.8) is 0 Å². The van der Waals surface area contributed by atoms with Crippen LogP contribution < -0.4 is 5.73 Å². The molecule has 2 aliphatic rings. The van der Waals surface area contributed by atoms with Crippen LogP contribution in [0.5, 0.6) is 0 Å². The Bertz CT molecular complexity index is 1730. The standard InChI is InChI=1S/C34H41ClN8O/c1-44-18-4-15-42-16-13-23(14-17-42)22-7-10-26(11-8-22)43-34-31(33(36)37-21-38-34)32(41-43)25-9-12-28-29(19-25)40-30(39-28)20-24-5-2-3-6-27(24)35/h2-3,5-6,9,12,19,21-23,26H,4,7-8,10-11,13-18,20H2,1H3,(H,39,40)(H2,36,37,38). The average Bonchev–Trinajstić information content (AvgIpc) is 3.64. The third-order valence-electron chi connectivity index (χ3n) is 9.85. The number of nitrogens with one attached hydrogen (secondary N) is 1. The fourth-order valence-corrected chi connectivity index (χ4v) is 7.67. The molecular weight excluding hydrogens is 572 g/mol. The van der Waals surface area contributed by atoms with Crippen LogP contribution in [0.1, 0.15) is 62.4 Å². The lowest BCUT2D eigenvalue weighted by Gasteiger charge is -2.39. The zero-order chi connectivity index (χ0) is 30.0. The number of imidazole rings is 1. The summed E-state index contributed by atoms with van der Waals surface area (Å²) in [6.45, 7) is 4.46. The molecular formula is C34H41ClN8O. The minimum Gasteiger partial charge on any atom is -0.385 e. The number of benzene rings is 2. The van der Waals surface area contributed by atoms with Gasteiger partial charge in [0.15, 0.2) is 5.65 Å². The Morgan fingerprint density at radius 1 is 1.00 bits per heavy atom. The molecule has 9 nitrogen and oxygen atoms in total. The van der Waals surface area contributed by atoms with E-state index in [2.05, 4.69) is 31.7 Å². The van der Waals surface area contributed by atoms with Gasteiger partial charge in [0.2, 0.25) is 0 Å². The lowest BCUT2D eigenvalue weighted by molar-refractivity contribution is 0.106. The summed E-state index contributed by atoms with van der Waals surface area (Å²) in [6.07, 6.45) is 10.7. The van der Waals surface area contributed by atoms with Crippen LogP contribution in [0.4, 0.5) is 5.82 Å². The summed E-state index contributed by atoms with van der Waals surface area (Å²) in [4.78, 5) is 20.0. The molecule has 0 radical (unpaired) electrons. The van der Waals surface area contributed by atoms with E-state index in [9.17, 15) is 0 Å². The summed E-state index contributed by atoms with van der Waals surface area (Å²) in [7, 11) is 1.79. The summed E-state index contributed by atoms with van der Waals surface area (Å²) in [6, 6.07) is 14.4. The van der Waals surface area contributed by atoms with Crippen molar-refractivity contribution in [3.8, 4) is 11.3 Å². The number of rotatable bonds is 9. The van der Waals surface area contributed by atoms with Gasteiger partial charge in [-0.1, -0.05) is 35.9 Å². The minimum absolute atomic E-state index is 0.309. The molecule has 3 aromatic heterocycles. The quantitative estimate of drug-likeness (QED) is 0.179. The van der Waals surface area contributed by atoms with Gasteiger partial charge in [0.1, 0.15) is 23.7 Å². The number of aromatic amines is 1. The highest BCUT2D eigenvalue weighted by Gasteiger charge is 2.32. The maximum Gasteiger partial charge on any atom is 0.164 e. The summed E-state index contributed by atoms with van der Waals surface area (Å²) < 4.78 is 7.37. The van der Waals surface area contributed by atoms with Crippen molar-refractivity contribution < 1.29 is 4.74 Å². The lowest BCUT2D eigenvalue weighted by Crippen LogP contribution is -2.37. The number of H-pyrrole nitrogens is 1. The highest BCUT2D eigenvalue weighted by Crippen LogP contribution is 2.42. The number of likely N-dealkylation sites (tertiary alicyclic amines) is 1. The van der Waals surface area contributed by atoms with Crippen LogP contribution >= 0.6 is 11.6 Å². The molecule has 0 spiro atoms. The first-order valence-corrected chi connectivity index (χ1v) is 16.4. The zero-order valence-corrected chi connectivity index (χ0v) is 26.1. The van der Waals surface area contributed by atoms with Crippen LogP contribution in [-0.2, 0) is 11.2 Å². The summed E-state index contributed by atoms with van der Waals surface area (Å²) in [5, 5.41) is 6.75. The van der Waals surface area contributed by atoms with E-state index in [0.717, 1.165) is 94.0 Å². The third kappa shape index (κ3) is 5.93. The fourth-order valence-electron chi connectivity index (χ4n) is 7.47. The van der Waals surface area contributed by atoms with Crippen LogP contribution in [0.15, 0.2) is 48.8 Å². The van der Waals surface area contributed by atoms with Gasteiger partial charge in [0.25, 0.3) is 0 Å². The van der Waals surface area contributed by atoms with Gasteiger partial charge in [-0.25, -0.2) is 19.6 Å². The Morgan fingerprint density at radius 2 is 1.80 bits per heavy atom. The van der Waals surface area contributed by atoms with Gasteiger partial charge >= 0.3 is 0 Å². The second kappa shape index (κ2) is 12.8. The molecule has 0 unspecified atom stereocenters. The number of nitrogens with two attached hydrogens (primary N) is 1.